The molecule has 0 radical (unpaired) electrons. The van der Waals surface area contributed by atoms with E-state index in [1.54, 1.807) is 0 Å². The Morgan fingerprint density at radius 2 is 1.24 bits per heavy atom. The van der Waals surface area contributed by atoms with Crippen molar-refractivity contribution >= 4 is 0 Å². The third-order valence-corrected chi connectivity index (χ3v) is 3.51. The minimum Gasteiger partial charge on any atom is -0.314 e. The monoisotopic (exact) mass is 241 g/mol. The molecular weight excluding hydrogens is 206 g/mol. The third-order valence-electron chi connectivity index (χ3n) is 3.51. The number of hydrogen-bond acceptors (Lipinski definition) is 1. The summed E-state index contributed by atoms with van der Waals surface area (Å²) < 4.78 is 0. The molecule has 0 spiro atoms. The molecule has 1 N–H and O–H groups in total. The van der Waals surface area contributed by atoms with Gasteiger partial charge in [0.25, 0.3) is 0 Å². The molecule has 0 aliphatic carbocycles. The van der Waals surface area contributed by atoms with Gasteiger partial charge in [-0.3, -0.25) is 0 Å². The average molecular weight is 241 g/mol. The molecule has 0 rings (SSSR count). The molecule has 17 heavy (non-hydrogen) atoms. The zero-order valence-corrected chi connectivity index (χ0v) is 12.6. The summed E-state index contributed by atoms with van der Waals surface area (Å²) in [7, 11) is 0. The molecule has 0 aromatic rings. The van der Waals surface area contributed by atoms with E-state index < -0.39 is 0 Å². The number of rotatable bonds is 13. The minimum absolute atomic E-state index is 0.724. The van der Waals surface area contributed by atoms with Gasteiger partial charge >= 0.3 is 0 Å². The van der Waals surface area contributed by atoms with E-state index in [-0.39, 0.29) is 0 Å². The van der Waals surface area contributed by atoms with Crippen LogP contribution < -0.4 is 5.32 Å². The van der Waals surface area contributed by atoms with Crippen molar-refractivity contribution in [3.63, 3.8) is 0 Å². The maximum Gasteiger partial charge on any atom is 0.00387 e. The van der Waals surface area contributed by atoms with Gasteiger partial charge in [-0.25, -0.2) is 0 Å². The molecule has 0 bridgehead atoms. The molecule has 0 heterocycles. The van der Waals surface area contributed by atoms with Gasteiger partial charge in [0.15, 0.2) is 0 Å². The van der Waals surface area contributed by atoms with Crippen LogP contribution >= 0.6 is 0 Å². The molecule has 1 nitrogen and oxygen atoms in total. The van der Waals surface area contributed by atoms with Crippen molar-refractivity contribution in [2.75, 3.05) is 6.54 Å². The molecule has 0 saturated carbocycles. The van der Waals surface area contributed by atoms with Crippen LogP contribution in [0.2, 0.25) is 0 Å². The summed E-state index contributed by atoms with van der Waals surface area (Å²) in [6, 6.07) is 0.724. The van der Waals surface area contributed by atoms with E-state index in [0.717, 1.165) is 6.04 Å². The molecule has 0 aromatic heterocycles. The van der Waals surface area contributed by atoms with Crippen molar-refractivity contribution in [3.05, 3.63) is 0 Å². The van der Waals surface area contributed by atoms with Crippen LogP contribution in [0.5, 0.6) is 0 Å². The Kier molecular flexibility index (Phi) is 14.0. The lowest BCUT2D eigenvalue weighted by molar-refractivity contribution is 0.471. The summed E-state index contributed by atoms with van der Waals surface area (Å²) in [5.41, 5.74) is 0. The van der Waals surface area contributed by atoms with Crippen molar-refractivity contribution in [1.82, 2.24) is 5.32 Å². The fourth-order valence-corrected chi connectivity index (χ4v) is 2.23. The van der Waals surface area contributed by atoms with Gasteiger partial charge in [-0.2, -0.15) is 0 Å². The third kappa shape index (κ3) is 13.9. The maximum atomic E-state index is 3.64. The van der Waals surface area contributed by atoms with Crippen LogP contribution in [0.1, 0.15) is 91.4 Å². The molecule has 1 heteroatoms. The Labute approximate surface area is 110 Å². The molecule has 0 amide bonds. The van der Waals surface area contributed by atoms with Crippen LogP contribution in [0.3, 0.4) is 0 Å². The van der Waals surface area contributed by atoms with E-state index in [4.69, 9.17) is 0 Å². The molecular formula is C16H35N. The van der Waals surface area contributed by atoms with E-state index in [9.17, 15) is 0 Å². The fourth-order valence-electron chi connectivity index (χ4n) is 2.23. The lowest BCUT2D eigenvalue weighted by Crippen LogP contribution is -2.26. The minimum atomic E-state index is 0.724. The molecule has 1 atom stereocenters. The van der Waals surface area contributed by atoms with Crippen molar-refractivity contribution in [2.45, 2.75) is 97.4 Å². The van der Waals surface area contributed by atoms with Crippen LogP contribution in [0.15, 0.2) is 0 Å². The topological polar surface area (TPSA) is 12.0 Å². The second kappa shape index (κ2) is 14.0. The van der Waals surface area contributed by atoms with Crippen LogP contribution in [-0.2, 0) is 0 Å². The zero-order chi connectivity index (χ0) is 12.8. The van der Waals surface area contributed by atoms with Crippen LogP contribution in [-0.4, -0.2) is 12.6 Å². The lowest BCUT2D eigenvalue weighted by Gasteiger charge is -2.13. The van der Waals surface area contributed by atoms with Gasteiger partial charge in [-0.1, -0.05) is 71.6 Å². The standard InChI is InChI=1S/C16H35N/c1-4-6-8-9-10-11-13-15-17-16(3)14-12-7-5-2/h16-17H,4-15H2,1-3H3. The lowest BCUT2D eigenvalue weighted by atomic mass is 10.1. The molecule has 0 aliphatic heterocycles. The van der Waals surface area contributed by atoms with Crippen molar-refractivity contribution in [1.29, 1.82) is 0 Å². The van der Waals surface area contributed by atoms with Gasteiger partial charge in [0, 0.05) is 6.04 Å². The Morgan fingerprint density at radius 1 is 0.706 bits per heavy atom. The Balaban J connectivity index is 3.05. The number of nitrogens with one attached hydrogen (secondary N) is 1. The first-order chi connectivity index (χ1) is 8.31. The highest BCUT2D eigenvalue weighted by atomic mass is 14.9. The van der Waals surface area contributed by atoms with E-state index >= 15 is 0 Å². The Hall–Kier alpha value is -0.0400. The number of hydrogen-bond donors (Lipinski definition) is 1. The molecule has 0 saturated heterocycles. The summed E-state index contributed by atoms with van der Waals surface area (Å²) in [4.78, 5) is 0. The summed E-state index contributed by atoms with van der Waals surface area (Å²) >= 11 is 0. The molecule has 104 valence electrons. The van der Waals surface area contributed by atoms with Gasteiger partial charge in [-0.05, 0) is 26.3 Å². The largest absolute Gasteiger partial charge is 0.314 e. The normalized spacial score (nSPS) is 12.9. The summed E-state index contributed by atoms with van der Waals surface area (Å²) in [5.74, 6) is 0. The van der Waals surface area contributed by atoms with Crippen molar-refractivity contribution in [3.8, 4) is 0 Å². The van der Waals surface area contributed by atoms with Gasteiger partial charge in [0.1, 0.15) is 0 Å². The summed E-state index contributed by atoms with van der Waals surface area (Å²) in [5, 5.41) is 3.64. The predicted molar refractivity (Wildman–Crippen MR) is 79.6 cm³/mol. The Bertz CT molecular complexity index is 133. The second-order valence-corrected chi connectivity index (χ2v) is 5.47. The van der Waals surface area contributed by atoms with Crippen molar-refractivity contribution in [2.24, 2.45) is 0 Å². The van der Waals surface area contributed by atoms with Crippen LogP contribution in [0, 0.1) is 0 Å². The van der Waals surface area contributed by atoms with Crippen molar-refractivity contribution < 1.29 is 0 Å². The highest BCUT2D eigenvalue weighted by molar-refractivity contribution is 4.60. The van der Waals surface area contributed by atoms with Crippen LogP contribution in [0.4, 0.5) is 0 Å². The highest BCUT2D eigenvalue weighted by Crippen LogP contribution is 2.07. The van der Waals surface area contributed by atoms with Gasteiger partial charge in [0.05, 0.1) is 0 Å². The first-order valence-electron chi connectivity index (χ1n) is 8.04. The second-order valence-electron chi connectivity index (χ2n) is 5.47. The maximum absolute atomic E-state index is 3.64. The molecule has 1 unspecified atom stereocenters. The predicted octanol–water partition coefficient (Wildman–Crippen LogP) is 5.30. The van der Waals surface area contributed by atoms with E-state index in [2.05, 4.69) is 26.1 Å². The van der Waals surface area contributed by atoms with Crippen LogP contribution in [0.25, 0.3) is 0 Å². The number of unbranched alkanes of at least 4 members (excludes halogenated alkanes) is 8. The Morgan fingerprint density at radius 3 is 1.88 bits per heavy atom. The molecule has 0 aromatic carbocycles. The van der Waals surface area contributed by atoms with Gasteiger partial charge < -0.3 is 5.32 Å². The quantitative estimate of drug-likeness (QED) is 0.432. The van der Waals surface area contributed by atoms with Gasteiger partial charge in [-0.15, -0.1) is 0 Å². The molecule has 0 aliphatic rings. The summed E-state index contributed by atoms with van der Waals surface area (Å²) in [6.45, 7) is 8.11. The first-order valence-corrected chi connectivity index (χ1v) is 8.04. The smallest absolute Gasteiger partial charge is 0.00387 e. The highest BCUT2D eigenvalue weighted by Gasteiger charge is 1.99. The SMILES string of the molecule is CCCCCCCCCNC(C)CCCCC. The summed E-state index contributed by atoms with van der Waals surface area (Å²) in [6.07, 6.45) is 15.4. The van der Waals surface area contributed by atoms with E-state index in [1.807, 2.05) is 0 Å². The van der Waals surface area contributed by atoms with E-state index in [0.29, 0.717) is 0 Å². The first kappa shape index (κ1) is 17.0. The molecule has 0 fully saturated rings. The fraction of sp³-hybridized carbons (Fsp3) is 1.00. The average Bonchev–Trinajstić information content (AvgIpc) is 2.33. The zero-order valence-electron chi connectivity index (χ0n) is 12.6. The van der Waals surface area contributed by atoms with Gasteiger partial charge in [0.2, 0.25) is 0 Å². The van der Waals surface area contributed by atoms with E-state index in [1.165, 1.54) is 77.2 Å².